The maximum Gasteiger partial charge on any atom is 0.147 e. The number of hydrogen-bond acceptors (Lipinski definition) is 2. The summed E-state index contributed by atoms with van der Waals surface area (Å²) in [5.74, 6) is 0.890. The number of nitriles is 1. The van der Waals surface area contributed by atoms with Crippen LogP contribution in [0, 0.1) is 11.3 Å². The summed E-state index contributed by atoms with van der Waals surface area (Å²) in [6.07, 6.45) is 0. The average Bonchev–Trinajstić information content (AvgIpc) is 2.34. The van der Waals surface area contributed by atoms with Crippen molar-refractivity contribution >= 4 is 23.2 Å². The van der Waals surface area contributed by atoms with Gasteiger partial charge in [-0.1, -0.05) is 35.3 Å². The average molecular weight is 264 g/mol. The van der Waals surface area contributed by atoms with E-state index in [0.717, 1.165) is 0 Å². The molecule has 0 spiro atoms. The second-order valence-electron chi connectivity index (χ2n) is 3.28. The number of ether oxygens (including phenoxy) is 1. The topological polar surface area (TPSA) is 33.0 Å². The van der Waals surface area contributed by atoms with E-state index in [2.05, 4.69) is 0 Å². The fourth-order valence-corrected chi connectivity index (χ4v) is 1.64. The first kappa shape index (κ1) is 11.8. The Bertz CT molecular complexity index is 590. The van der Waals surface area contributed by atoms with Crippen molar-refractivity contribution in [2.24, 2.45) is 0 Å². The van der Waals surface area contributed by atoms with E-state index in [1.54, 1.807) is 42.5 Å². The zero-order valence-electron chi connectivity index (χ0n) is 8.65. The van der Waals surface area contributed by atoms with Crippen molar-refractivity contribution in [3.63, 3.8) is 0 Å². The first-order valence-electron chi connectivity index (χ1n) is 4.83. The summed E-state index contributed by atoms with van der Waals surface area (Å²) in [7, 11) is 0. The number of benzene rings is 2. The zero-order chi connectivity index (χ0) is 12.3. The first-order chi connectivity index (χ1) is 8.20. The molecule has 2 aromatic carbocycles. The largest absolute Gasteiger partial charge is 0.454 e. The molecule has 0 aliphatic heterocycles. The van der Waals surface area contributed by atoms with Gasteiger partial charge in [0.1, 0.15) is 17.6 Å². The number of para-hydroxylation sites is 1. The van der Waals surface area contributed by atoms with Gasteiger partial charge in [0.15, 0.2) is 0 Å². The van der Waals surface area contributed by atoms with Gasteiger partial charge in [-0.15, -0.1) is 0 Å². The molecule has 0 bridgehead atoms. The molecule has 0 aliphatic carbocycles. The van der Waals surface area contributed by atoms with Crippen LogP contribution in [0.2, 0.25) is 10.0 Å². The molecule has 2 nitrogen and oxygen atoms in total. The molecule has 0 fully saturated rings. The van der Waals surface area contributed by atoms with Crippen LogP contribution in [0.25, 0.3) is 0 Å². The molecule has 0 N–H and O–H groups in total. The molecule has 0 aromatic heterocycles. The Kier molecular flexibility index (Phi) is 3.53. The Morgan fingerprint density at radius 1 is 1.00 bits per heavy atom. The zero-order valence-corrected chi connectivity index (χ0v) is 10.2. The molecular formula is C13H7Cl2NO. The number of rotatable bonds is 2. The van der Waals surface area contributed by atoms with E-state index in [-0.39, 0.29) is 0 Å². The lowest BCUT2D eigenvalue weighted by Gasteiger charge is -2.08. The van der Waals surface area contributed by atoms with Gasteiger partial charge >= 0.3 is 0 Å². The van der Waals surface area contributed by atoms with Crippen LogP contribution in [0.1, 0.15) is 5.56 Å². The highest BCUT2D eigenvalue weighted by atomic mass is 35.5. The molecule has 2 aromatic rings. The van der Waals surface area contributed by atoms with Gasteiger partial charge in [0.25, 0.3) is 0 Å². The lowest BCUT2D eigenvalue weighted by atomic mass is 10.2. The van der Waals surface area contributed by atoms with Gasteiger partial charge in [0, 0.05) is 11.1 Å². The van der Waals surface area contributed by atoms with Crippen LogP contribution in [0.15, 0.2) is 42.5 Å². The fourth-order valence-electron chi connectivity index (χ4n) is 1.32. The van der Waals surface area contributed by atoms with Crippen LogP contribution in [-0.4, -0.2) is 0 Å². The van der Waals surface area contributed by atoms with Crippen molar-refractivity contribution < 1.29 is 4.74 Å². The summed E-state index contributed by atoms with van der Waals surface area (Å²) >= 11 is 11.8. The summed E-state index contributed by atoms with van der Waals surface area (Å²) < 4.78 is 5.57. The third-order valence-electron chi connectivity index (χ3n) is 2.12. The number of nitrogens with zero attached hydrogens (tertiary/aromatic N) is 1. The van der Waals surface area contributed by atoms with Crippen LogP contribution in [0.3, 0.4) is 0 Å². The molecule has 0 saturated heterocycles. The van der Waals surface area contributed by atoms with E-state index >= 15 is 0 Å². The second-order valence-corrected chi connectivity index (χ2v) is 4.13. The molecule has 84 valence electrons. The van der Waals surface area contributed by atoms with E-state index in [4.69, 9.17) is 33.2 Å². The van der Waals surface area contributed by atoms with E-state index in [1.807, 2.05) is 6.07 Å². The molecule has 0 heterocycles. The molecule has 0 atom stereocenters. The molecule has 0 saturated carbocycles. The highest BCUT2D eigenvalue weighted by Gasteiger charge is 2.07. The molecule has 2 rings (SSSR count). The smallest absolute Gasteiger partial charge is 0.147 e. The van der Waals surface area contributed by atoms with Crippen molar-refractivity contribution in [3.8, 4) is 17.6 Å². The Labute approximate surface area is 109 Å². The fraction of sp³-hybridized carbons (Fsp3) is 0. The first-order valence-corrected chi connectivity index (χ1v) is 5.58. The Morgan fingerprint density at radius 2 is 1.76 bits per heavy atom. The van der Waals surface area contributed by atoms with Gasteiger partial charge in [-0.25, -0.2) is 0 Å². The normalized spacial score (nSPS) is 9.71. The monoisotopic (exact) mass is 263 g/mol. The van der Waals surface area contributed by atoms with E-state index in [9.17, 15) is 0 Å². The lowest BCUT2D eigenvalue weighted by Crippen LogP contribution is -1.88. The SMILES string of the molecule is N#Cc1ccccc1Oc1cc(Cl)ccc1Cl. The molecule has 4 heteroatoms. The van der Waals surface area contributed by atoms with Crippen LogP contribution >= 0.6 is 23.2 Å². The maximum absolute atomic E-state index is 8.93. The standard InChI is InChI=1S/C13H7Cl2NO/c14-10-5-6-11(15)13(7-10)17-12-4-2-1-3-9(12)8-16/h1-7H. The van der Waals surface area contributed by atoms with Gasteiger partial charge in [0.2, 0.25) is 0 Å². The van der Waals surface area contributed by atoms with Gasteiger partial charge in [-0.05, 0) is 24.3 Å². The summed E-state index contributed by atoms with van der Waals surface area (Å²) in [6, 6.07) is 13.9. The Hall–Kier alpha value is -1.69. The van der Waals surface area contributed by atoms with Crippen molar-refractivity contribution in [2.45, 2.75) is 0 Å². The molecule has 17 heavy (non-hydrogen) atoms. The summed E-state index contributed by atoms with van der Waals surface area (Å²) in [5.41, 5.74) is 0.448. The molecule has 0 radical (unpaired) electrons. The van der Waals surface area contributed by atoms with Crippen LogP contribution in [-0.2, 0) is 0 Å². The summed E-state index contributed by atoms with van der Waals surface area (Å²) in [6.45, 7) is 0. The minimum Gasteiger partial charge on any atom is -0.454 e. The van der Waals surface area contributed by atoms with E-state index in [0.29, 0.717) is 27.1 Å². The van der Waals surface area contributed by atoms with Crippen LogP contribution < -0.4 is 4.74 Å². The minimum atomic E-state index is 0.432. The number of hydrogen-bond donors (Lipinski definition) is 0. The molecule has 0 aliphatic rings. The van der Waals surface area contributed by atoms with Crippen LogP contribution in [0.5, 0.6) is 11.5 Å². The second kappa shape index (κ2) is 5.09. The molecule has 0 unspecified atom stereocenters. The van der Waals surface area contributed by atoms with Gasteiger partial charge < -0.3 is 4.74 Å². The molecule has 0 amide bonds. The number of halogens is 2. The van der Waals surface area contributed by atoms with Crippen molar-refractivity contribution in [1.82, 2.24) is 0 Å². The predicted octanol–water partition coefficient (Wildman–Crippen LogP) is 4.66. The van der Waals surface area contributed by atoms with E-state index < -0.39 is 0 Å². The minimum absolute atomic E-state index is 0.432. The van der Waals surface area contributed by atoms with E-state index in [1.165, 1.54) is 0 Å². The van der Waals surface area contributed by atoms with Crippen molar-refractivity contribution in [1.29, 1.82) is 5.26 Å². The van der Waals surface area contributed by atoms with Gasteiger partial charge in [-0.2, -0.15) is 5.26 Å². The third kappa shape index (κ3) is 2.71. The predicted molar refractivity (Wildman–Crippen MR) is 67.7 cm³/mol. The van der Waals surface area contributed by atoms with Gasteiger partial charge in [0.05, 0.1) is 10.6 Å². The lowest BCUT2D eigenvalue weighted by molar-refractivity contribution is 0.481. The Morgan fingerprint density at radius 3 is 2.53 bits per heavy atom. The Balaban J connectivity index is 2.38. The highest BCUT2D eigenvalue weighted by molar-refractivity contribution is 6.34. The van der Waals surface area contributed by atoms with Crippen molar-refractivity contribution in [3.05, 3.63) is 58.1 Å². The van der Waals surface area contributed by atoms with Crippen molar-refractivity contribution in [2.75, 3.05) is 0 Å². The van der Waals surface area contributed by atoms with Gasteiger partial charge in [-0.3, -0.25) is 0 Å². The summed E-state index contributed by atoms with van der Waals surface area (Å²) in [4.78, 5) is 0. The molecular weight excluding hydrogens is 257 g/mol. The maximum atomic E-state index is 8.93. The highest BCUT2D eigenvalue weighted by Crippen LogP contribution is 2.32. The quantitative estimate of drug-likeness (QED) is 0.790. The summed E-state index contributed by atoms with van der Waals surface area (Å²) in [5, 5.41) is 9.90. The van der Waals surface area contributed by atoms with Crippen LogP contribution in [0.4, 0.5) is 0 Å². The third-order valence-corrected chi connectivity index (χ3v) is 2.67.